The highest BCUT2D eigenvalue weighted by atomic mass is 16.7. The molecule has 1 aliphatic heterocycles. The second kappa shape index (κ2) is 4.28. The number of hydrogen-bond acceptors (Lipinski definition) is 3. The molecule has 1 heterocycles. The van der Waals surface area contributed by atoms with Crippen LogP contribution in [0.15, 0.2) is 11.5 Å². The van der Waals surface area contributed by atoms with Gasteiger partial charge in [-0.2, -0.15) is 0 Å². The van der Waals surface area contributed by atoms with Gasteiger partial charge in [0.15, 0.2) is 0 Å². The van der Waals surface area contributed by atoms with Crippen molar-refractivity contribution in [2.75, 3.05) is 0 Å². The SMILES string of the molecule is CC1(C)OB(C2=CC[C@H](NC(=O)O)C2)OC1(C)C. The number of hydrogen-bond donors (Lipinski definition) is 2. The molecule has 18 heavy (non-hydrogen) atoms. The Morgan fingerprint density at radius 1 is 1.39 bits per heavy atom. The van der Waals surface area contributed by atoms with Gasteiger partial charge in [-0.25, -0.2) is 4.79 Å². The molecule has 100 valence electrons. The van der Waals surface area contributed by atoms with E-state index in [-0.39, 0.29) is 24.4 Å². The maximum atomic E-state index is 10.6. The summed E-state index contributed by atoms with van der Waals surface area (Å²) in [6, 6.07) is -0.0588. The van der Waals surface area contributed by atoms with Crippen molar-refractivity contribution in [1.82, 2.24) is 5.32 Å². The van der Waals surface area contributed by atoms with Gasteiger partial charge in [-0.15, -0.1) is 0 Å². The highest BCUT2D eigenvalue weighted by Crippen LogP contribution is 2.40. The minimum absolute atomic E-state index is 0.0588. The number of rotatable bonds is 2. The maximum Gasteiger partial charge on any atom is 0.490 e. The Morgan fingerprint density at radius 2 is 1.94 bits per heavy atom. The number of nitrogens with one attached hydrogen (secondary N) is 1. The fourth-order valence-electron chi connectivity index (χ4n) is 2.22. The van der Waals surface area contributed by atoms with E-state index in [4.69, 9.17) is 14.4 Å². The van der Waals surface area contributed by atoms with Gasteiger partial charge in [-0.05, 0) is 46.0 Å². The van der Waals surface area contributed by atoms with Crippen LogP contribution in [0.4, 0.5) is 4.79 Å². The number of carbonyl (C=O) groups is 1. The van der Waals surface area contributed by atoms with E-state index in [1.165, 1.54) is 0 Å². The van der Waals surface area contributed by atoms with Crippen molar-refractivity contribution in [3.05, 3.63) is 11.5 Å². The van der Waals surface area contributed by atoms with Gasteiger partial charge in [0.25, 0.3) is 0 Å². The molecule has 0 saturated carbocycles. The molecule has 0 aromatic heterocycles. The van der Waals surface area contributed by atoms with Crippen LogP contribution in [-0.2, 0) is 9.31 Å². The minimum atomic E-state index is -0.983. The van der Waals surface area contributed by atoms with Crippen LogP contribution in [0.1, 0.15) is 40.5 Å². The van der Waals surface area contributed by atoms with Gasteiger partial charge >= 0.3 is 13.2 Å². The van der Waals surface area contributed by atoms with Crippen molar-refractivity contribution in [2.45, 2.75) is 57.8 Å². The molecule has 1 aliphatic carbocycles. The van der Waals surface area contributed by atoms with E-state index in [0.29, 0.717) is 12.8 Å². The largest absolute Gasteiger partial charge is 0.490 e. The van der Waals surface area contributed by atoms with Crippen LogP contribution in [0.5, 0.6) is 0 Å². The summed E-state index contributed by atoms with van der Waals surface area (Å²) < 4.78 is 11.9. The summed E-state index contributed by atoms with van der Waals surface area (Å²) in [7, 11) is -0.351. The Morgan fingerprint density at radius 3 is 2.44 bits per heavy atom. The standard InChI is InChI=1S/C12H20BNO4/c1-11(2)12(3,4)18-13(17-11)8-5-6-9(7-8)14-10(15)16/h5,9,14H,6-7H2,1-4H3,(H,15,16)/t9-/m0/s1. The predicted octanol–water partition coefficient (Wildman–Crippen LogP) is 1.97. The number of carboxylic acid groups (broad SMARTS) is 1. The van der Waals surface area contributed by atoms with Crippen LogP contribution < -0.4 is 5.32 Å². The molecule has 0 radical (unpaired) electrons. The van der Waals surface area contributed by atoms with Gasteiger partial charge in [0.2, 0.25) is 0 Å². The lowest BCUT2D eigenvalue weighted by molar-refractivity contribution is 0.00578. The molecule has 0 unspecified atom stereocenters. The zero-order valence-electron chi connectivity index (χ0n) is 11.3. The Labute approximate surface area is 108 Å². The molecule has 0 spiro atoms. The molecular formula is C12H20BNO4. The highest BCUT2D eigenvalue weighted by Gasteiger charge is 2.52. The van der Waals surface area contributed by atoms with E-state index >= 15 is 0 Å². The maximum absolute atomic E-state index is 10.6. The normalized spacial score (nSPS) is 29.2. The molecule has 2 rings (SSSR count). The molecule has 0 aromatic rings. The molecule has 0 bridgehead atoms. The molecule has 2 aliphatic rings. The first-order valence-electron chi connectivity index (χ1n) is 6.25. The van der Waals surface area contributed by atoms with Crippen LogP contribution in [0.3, 0.4) is 0 Å². The summed E-state index contributed by atoms with van der Waals surface area (Å²) in [5.74, 6) is 0. The van der Waals surface area contributed by atoms with E-state index in [0.717, 1.165) is 5.47 Å². The fourth-order valence-corrected chi connectivity index (χ4v) is 2.22. The Balaban J connectivity index is 1.98. The molecule has 1 saturated heterocycles. The summed E-state index contributed by atoms with van der Waals surface area (Å²) in [6.45, 7) is 8.04. The zero-order valence-corrected chi connectivity index (χ0v) is 11.3. The summed E-state index contributed by atoms with van der Waals surface area (Å²) >= 11 is 0. The second-order valence-electron chi connectivity index (χ2n) is 5.95. The van der Waals surface area contributed by atoms with Crippen molar-refractivity contribution in [3.8, 4) is 0 Å². The first-order chi connectivity index (χ1) is 8.21. The van der Waals surface area contributed by atoms with Crippen LogP contribution in [0, 0.1) is 0 Å². The Bertz CT molecular complexity index is 376. The molecule has 5 nitrogen and oxygen atoms in total. The lowest BCUT2D eigenvalue weighted by atomic mass is 9.77. The first-order valence-corrected chi connectivity index (χ1v) is 6.25. The fraction of sp³-hybridized carbons (Fsp3) is 0.750. The molecule has 6 heteroatoms. The van der Waals surface area contributed by atoms with Crippen molar-refractivity contribution in [1.29, 1.82) is 0 Å². The molecule has 1 fully saturated rings. The van der Waals surface area contributed by atoms with Gasteiger partial charge in [-0.1, -0.05) is 6.08 Å². The second-order valence-corrected chi connectivity index (χ2v) is 5.95. The predicted molar refractivity (Wildman–Crippen MR) is 68.3 cm³/mol. The Hall–Kier alpha value is -1.01. The monoisotopic (exact) mass is 253 g/mol. The van der Waals surface area contributed by atoms with Gasteiger partial charge in [0.05, 0.1) is 11.2 Å². The summed E-state index contributed by atoms with van der Waals surface area (Å²) in [4.78, 5) is 10.6. The Kier molecular flexibility index (Phi) is 3.19. The van der Waals surface area contributed by atoms with E-state index in [1.54, 1.807) is 0 Å². The summed E-state index contributed by atoms with van der Waals surface area (Å²) in [5, 5.41) is 11.2. The molecule has 2 N–H and O–H groups in total. The van der Waals surface area contributed by atoms with E-state index in [1.807, 2.05) is 33.8 Å². The van der Waals surface area contributed by atoms with Crippen LogP contribution in [0.2, 0.25) is 0 Å². The van der Waals surface area contributed by atoms with E-state index < -0.39 is 6.09 Å². The molecule has 0 aromatic carbocycles. The van der Waals surface area contributed by atoms with Gasteiger partial charge in [-0.3, -0.25) is 0 Å². The van der Waals surface area contributed by atoms with Crippen LogP contribution in [-0.4, -0.2) is 35.6 Å². The number of amides is 1. The van der Waals surface area contributed by atoms with Crippen molar-refractivity contribution in [3.63, 3.8) is 0 Å². The van der Waals surface area contributed by atoms with Crippen LogP contribution in [0.25, 0.3) is 0 Å². The van der Waals surface area contributed by atoms with Gasteiger partial charge in [0.1, 0.15) is 0 Å². The summed E-state index contributed by atoms with van der Waals surface area (Å²) in [5.41, 5.74) is 0.334. The minimum Gasteiger partial charge on any atom is -0.465 e. The molecule has 1 amide bonds. The van der Waals surface area contributed by atoms with Crippen molar-refractivity contribution in [2.24, 2.45) is 0 Å². The topological polar surface area (TPSA) is 67.8 Å². The quantitative estimate of drug-likeness (QED) is 0.738. The third kappa shape index (κ3) is 2.40. The third-order valence-corrected chi connectivity index (χ3v) is 4.03. The molecule has 1 atom stereocenters. The highest BCUT2D eigenvalue weighted by molar-refractivity contribution is 6.54. The van der Waals surface area contributed by atoms with Gasteiger partial charge in [0, 0.05) is 6.04 Å². The van der Waals surface area contributed by atoms with Crippen molar-refractivity contribution >= 4 is 13.2 Å². The van der Waals surface area contributed by atoms with Crippen LogP contribution >= 0.6 is 0 Å². The first kappa shape index (κ1) is 13.4. The molecular weight excluding hydrogens is 233 g/mol. The average Bonchev–Trinajstić information content (AvgIpc) is 2.70. The van der Waals surface area contributed by atoms with Crippen molar-refractivity contribution < 1.29 is 19.2 Å². The lowest BCUT2D eigenvalue weighted by Crippen LogP contribution is -2.41. The summed E-state index contributed by atoms with van der Waals surface area (Å²) in [6.07, 6.45) is 2.39. The zero-order chi connectivity index (χ0) is 13.6. The van der Waals surface area contributed by atoms with E-state index in [9.17, 15) is 4.79 Å². The smallest absolute Gasteiger partial charge is 0.465 e. The third-order valence-electron chi connectivity index (χ3n) is 4.03. The van der Waals surface area contributed by atoms with Gasteiger partial charge < -0.3 is 19.7 Å². The average molecular weight is 253 g/mol. The van der Waals surface area contributed by atoms with E-state index in [2.05, 4.69) is 5.32 Å². The lowest BCUT2D eigenvalue weighted by Gasteiger charge is -2.32.